The molecule has 0 saturated heterocycles. The molecule has 2 aromatic rings. The molecule has 0 bridgehead atoms. The number of thiol groups is 1. The van der Waals surface area contributed by atoms with Gasteiger partial charge in [-0.05, 0) is 39.0 Å². The van der Waals surface area contributed by atoms with Crippen molar-refractivity contribution in [2.45, 2.75) is 25.7 Å². The number of ether oxygens (including phenoxy) is 2. The van der Waals surface area contributed by atoms with Crippen LogP contribution >= 0.6 is 12.6 Å². The summed E-state index contributed by atoms with van der Waals surface area (Å²) >= 11 is 4.29. The molecule has 0 heterocycles. The largest absolute Gasteiger partial charge is 0.673 e. The Kier molecular flexibility index (Phi) is 15.7. The van der Waals surface area contributed by atoms with Crippen molar-refractivity contribution >= 4 is 19.9 Å². The summed E-state index contributed by atoms with van der Waals surface area (Å²) < 4.78 is 49.7. The number of hydrogen-bond donors (Lipinski definition) is 2. The fraction of sp³-hybridized carbons (Fsp3) is 0.294. The zero-order valence-electron chi connectivity index (χ0n) is 15.3. The molecule has 2 rings (SSSR count). The predicted octanol–water partition coefficient (Wildman–Crippen LogP) is 4.35. The van der Waals surface area contributed by atoms with Crippen LogP contribution in [0.25, 0.3) is 0 Å². The zero-order chi connectivity index (χ0) is 21.3. The molecule has 0 aliphatic rings. The van der Waals surface area contributed by atoms with E-state index in [1.54, 1.807) is 0 Å². The lowest BCUT2D eigenvalue weighted by atomic mass is 10.2. The maximum absolute atomic E-state index is 9.75. The van der Waals surface area contributed by atoms with Gasteiger partial charge in [-0.15, -0.1) is 12.6 Å². The molecule has 150 valence electrons. The van der Waals surface area contributed by atoms with Crippen molar-refractivity contribution in [2.24, 2.45) is 0 Å². The second-order valence-corrected chi connectivity index (χ2v) is 5.13. The highest BCUT2D eigenvalue weighted by atomic mass is 32.1. The summed E-state index contributed by atoms with van der Waals surface area (Å²) in [5.74, 6) is 1.63. The molecule has 0 radical (unpaired) electrons. The molecule has 0 unspecified atom stereocenters. The van der Waals surface area contributed by atoms with E-state index >= 15 is 0 Å². The normalized spacial score (nSPS) is 9.26. The smallest absolute Gasteiger partial charge is 0.494 e. The van der Waals surface area contributed by atoms with Crippen molar-refractivity contribution in [3.8, 4) is 11.5 Å². The molecule has 0 aliphatic carbocycles. The van der Waals surface area contributed by atoms with E-state index in [9.17, 15) is 17.3 Å². The van der Waals surface area contributed by atoms with Crippen molar-refractivity contribution in [3.63, 3.8) is 0 Å². The Labute approximate surface area is 162 Å². The maximum atomic E-state index is 9.75. The van der Waals surface area contributed by atoms with Gasteiger partial charge in [-0.3, -0.25) is 0 Å². The van der Waals surface area contributed by atoms with E-state index in [4.69, 9.17) is 20.3 Å². The highest BCUT2D eigenvalue weighted by molar-refractivity contribution is 7.80. The van der Waals surface area contributed by atoms with Crippen LogP contribution in [-0.4, -0.2) is 20.5 Å². The quantitative estimate of drug-likeness (QED) is 0.344. The van der Waals surface area contributed by atoms with Gasteiger partial charge in [-0.1, -0.05) is 35.9 Å². The first kappa shape index (κ1) is 26.8. The zero-order valence-corrected chi connectivity index (χ0v) is 16.2. The predicted molar refractivity (Wildman–Crippen MR) is 100 cm³/mol. The molecule has 0 aromatic heterocycles. The van der Waals surface area contributed by atoms with E-state index in [1.807, 2.05) is 50.2 Å². The maximum Gasteiger partial charge on any atom is 0.673 e. The van der Waals surface area contributed by atoms with Crippen LogP contribution in [0.5, 0.6) is 11.5 Å². The van der Waals surface area contributed by atoms with Crippen LogP contribution in [0.2, 0.25) is 0 Å². The molecule has 0 amide bonds. The number of halogens is 4. The van der Waals surface area contributed by atoms with Crippen molar-refractivity contribution in [2.75, 3.05) is 13.2 Å². The third kappa shape index (κ3) is 18.2. The van der Waals surface area contributed by atoms with Gasteiger partial charge in [0.15, 0.2) is 0 Å². The third-order valence-corrected chi connectivity index (χ3v) is 2.83. The highest BCUT2D eigenvalue weighted by Crippen LogP contribution is 2.27. The lowest BCUT2D eigenvalue weighted by Crippen LogP contribution is -2.11. The Morgan fingerprint density at radius 2 is 1.41 bits per heavy atom. The molecule has 0 aliphatic heterocycles. The summed E-state index contributed by atoms with van der Waals surface area (Å²) in [7, 11) is -6.00. The van der Waals surface area contributed by atoms with Crippen LogP contribution in [0.3, 0.4) is 0 Å². The molecule has 2 aromatic carbocycles. The number of nitrogens with one attached hydrogen (secondary N) is 1. The van der Waals surface area contributed by atoms with Gasteiger partial charge in [-0.2, -0.15) is 0 Å². The standard InChI is InChI=1S/C10H14O2S.C7H8.BF4.N2/c1-3-11-8-5-6-9(12-4-2)10(13)7-8;1-7-5-3-2-4-6-7;2-1(3,4)5;1-2/h5-7,13H,3-4H2,1-2H3;2-6H,1H3;;/q;;-1;/p+1. The van der Waals surface area contributed by atoms with Gasteiger partial charge in [0, 0.05) is 4.90 Å². The Bertz CT molecular complexity index is 638. The lowest BCUT2D eigenvalue weighted by Gasteiger charge is -2.08. The molecular formula is C17H23BF4N2O2S. The third-order valence-electron chi connectivity index (χ3n) is 2.48. The fourth-order valence-electron chi connectivity index (χ4n) is 1.57. The van der Waals surface area contributed by atoms with Crippen LogP contribution in [0.1, 0.15) is 19.4 Å². The number of aryl methyl sites for hydroxylation is 1. The molecule has 0 atom stereocenters. The van der Waals surface area contributed by atoms with E-state index in [0.29, 0.717) is 13.2 Å². The second-order valence-electron chi connectivity index (χ2n) is 4.65. The van der Waals surface area contributed by atoms with E-state index in [-0.39, 0.29) is 0 Å². The monoisotopic (exact) mass is 406 g/mol. The first-order chi connectivity index (χ1) is 12.7. The summed E-state index contributed by atoms with van der Waals surface area (Å²) in [6.45, 7) is 7.31. The van der Waals surface area contributed by atoms with E-state index in [1.165, 1.54) is 5.56 Å². The van der Waals surface area contributed by atoms with Crippen LogP contribution in [-0.2, 0) is 0 Å². The Morgan fingerprint density at radius 1 is 0.926 bits per heavy atom. The minimum absolute atomic E-state index is 0.654. The number of benzene rings is 2. The SMILES string of the molecule is CCOc1ccc(OCC)c(S)c1.Cc1ccccc1.F[B-](F)(F)F.N#[NH+]. The average molecular weight is 406 g/mol. The van der Waals surface area contributed by atoms with Crippen LogP contribution in [0.4, 0.5) is 17.3 Å². The van der Waals surface area contributed by atoms with Gasteiger partial charge < -0.3 is 26.7 Å². The van der Waals surface area contributed by atoms with Gasteiger partial charge in [0.2, 0.25) is 5.39 Å². The summed E-state index contributed by atoms with van der Waals surface area (Å²) in [6.07, 6.45) is 0. The van der Waals surface area contributed by atoms with Crippen molar-refractivity contribution in [3.05, 3.63) is 54.1 Å². The Balaban J connectivity index is 0. The summed E-state index contributed by atoms with van der Waals surface area (Å²) in [4.78, 5) is 0.813. The Hall–Kier alpha value is -2.41. The molecule has 4 nitrogen and oxygen atoms in total. The van der Waals surface area contributed by atoms with Gasteiger partial charge in [-0.25, -0.2) is 0 Å². The Morgan fingerprint density at radius 3 is 1.74 bits per heavy atom. The van der Waals surface area contributed by atoms with Gasteiger partial charge in [0.25, 0.3) is 0 Å². The van der Waals surface area contributed by atoms with Crippen LogP contribution in [0.15, 0.2) is 53.4 Å². The molecule has 10 heteroatoms. The van der Waals surface area contributed by atoms with Crippen LogP contribution in [0, 0.1) is 12.3 Å². The van der Waals surface area contributed by atoms with Crippen molar-refractivity contribution < 1.29 is 32.1 Å². The van der Waals surface area contributed by atoms with E-state index in [0.717, 1.165) is 16.4 Å². The number of nitrogens with zero attached hydrogens (tertiary/aromatic N) is 1. The van der Waals surface area contributed by atoms with Crippen LogP contribution < -0.4 is 14.9 Å². The first-order valence-corrected chi connectivity index (χ1v) is 8.32. The van der Waals surface area contributed by atoms with Crippen molar-refractivity contribution in [1.82, 2.24) is 0 Å². The second kappa shape index (κ2) is 15.8. The lowest BCUT2D eigenvalue weighted by molar-refractivity contribution is -0.175. The molecule has 0 fully saturated rings. The van der Waals surface area contributed by atoms with E-state index < -0.39 is 7.25 Å². The summed E-state index contributed by atoms with van der Waals surface area (Å²) in [5.41, 5.74) is 1.32. The molecule has 27 heavy (non-hydrogen) atoms. The van der Waals surface area contributed by atoms with Gasteiger partial charge >= 0.3 is 7.25 Å². The average Bonchev–Trinajstić information content (AvgIpc) is 2.59. The molecular weight excluding hydrogens is 383 g/mol. The number of rotatable bonds is 4. The summed E-state index contributed by atoms with van der Waals surface area (Å²) in [6, 6.07) is 15.9. The highest BCUT2D eigenvalue weighted by Gasteiger charge is 2.20. The minimum Gasteiger partial charge on any atom is -0.494 e. The van der Waals surface area contributed by atoms with Gasteiger partial charge in [0.05, 0.1) is 18.6 Å². The van der Waals surface area contributed by atoms with Crippen molar-refractivity contribution in [1.29, 1.82) is 5.39 Å². The fourth-order valence-corrected chi connectivity index (χ4v) is 1.83. The molecule has 0 saturated carbocycles. The molecule has 0 spiro atoms. The summed E-state index contributed by atoms with van der Waals surface area (Å²) in [5, 5.41) is 11.0. The molecule has 1 N–H and O–H groups in total. The number of diazo groups is 1. The van der Waals surface area contributed by atoms with Gasteiger partial charge in [0.1, 0.15) is 11.5 Å². The van der Waals surface area contributed by atoms with E-state index in [2.05, 4.69) is 31.7 Å². The number of hydrogen-bond acceptors (Lipinski definition) is 4. The minimum atomic E-state index is -6.00. The topological polar surface area (TPSA) is 66.0 Å². The first-order valence-electron chi connectivity index (χ1n) is 7.87.